The van der Waals surface area contributed by atoms with Crippen LogP contribution in [0.2, 0.25) is 5.15 Å². The summed E-state index contributed by atoms with van der Waals surface area (Å²) in [6.45, 7) is 2.45. The third kappa shape index (κ3) is 4.54. The van der Waals surface area contributed by atoms with Crippen LogP contribution in [0.3, 0.4) is 0 Å². The van der Waals surface area contributed by atoms with E-state index in [9.17, 15) is 9.18 Å². The Morgan fingerprint density at radius 1 is 1.06 bits per heavy atom. The van der Waals surface area contributed by atoms with Gasteiger partial charge in [-0.1, -0.05) is 41.9 Å². The molecule has 1 N–H and O–H groups in total. The first kappa shape index (κ1) is 20.9. The van der Waals surface area contributed by atoms with Crippen molar-refractivity contribution in [1.82, 2.24) is 15.1 Å². The first-order valence-electron chi connectivity index (χ1n) is 9.77. The van der Waals surface area contributed by atoms with Gasteiger partial charge in [0, 0.05) is 6.54 Å². The molecule has 158 valence electrons. The summed E-state index contributed by atoms with van der Waals surface area (Å²) in [5, 5.41) is 9.68. The number of amides is 1. The molecule has 5 nitrogen and oxygen atoms in total. The molecule has 3 aromatic carbocycles. The Balaban J connectivity index is 1.47. The van der Waals surface area contributed by atoms with Crippen molar-refractivity contribution >= 4 is 28.3 Å². The van der Waals surface area contributed by atoms with Crippen molar-refractivity contribution in [1.29, 1.82) is 0 Å². The highest BCUT2D eigenvalue weighted by molar-refractivity contribution is 6.33. The molecule has 0 saturated heterocycles. The Morgan fingerprint density at radius 3 is 2.48 bits per heavy atom. The van der Waals surface area contributed by atoms with E-state index < -0.39 is 0 Å². The fourth-order valence-electron chi connectivity index (χ4n) is 3.46. The number of carbonyl (C=O) groups is 1. The molecular weight excluding hydrogens is 417 g/mol. The summed E-state index contributed by atoms with van der Waals surface area (Å²) in [4.78, 5) is 12.8. The molecule has 0 saturated carbocycles. The van der Waals surface area contributed by atoms with E-state index in [-0.39, 0.29) is 16.9 Å². The van der Waals surface area contributed by atoms with E-state index in [4.69, 9.17) is 16.3 Å². The number of hydrogen-bond donors (Lipinski definition) is 1. The van der Waals surface area contributed by atoms with Crippen molar-refractivity contribution < 1.29 is 13.9 Å². The van der Waals surface area contributed by atoms with E-state index in [0.29, 0.717) is 24.3 Å². The number of aryl methyl sites for hydroxylation is 1. The van der Waals surface area contributed by atoms with Crippen LogP contribution in [0.25, 0.3) is 10.8 Å². The van der Waals surface area contributed by atoms with Gasteiger partial charge in [0.2, 0.25) is 0 Å². The van der Waals surface area contributed by atoms with Crippen molar-refractivity contribution in [2.24, 2.45) is 0 Å². The van der Waals surface area contributed by atoms with Gasteiger partial charge >= 0.3 is 0 Å². The number of nitrogens with zero attached hydrogens (tertiary/aromatic N) is 2. The van der Waals surface area contributed by atoms with Gasteiger partial charge in [-0.05, 0) is 59.2 Å². The molecular formula is C24H21ClFN3O2. The maximum absolute atomic E-state index is 13.1. The fourth-order valence-corrected chi connectivity index (χ4v) is 3.78. The number of nitrogens with one attached hydrogen (secondary N) is 1. The van der Waals surface area contributed by atoms with Crippen molar-refractivity contribution in [3.8, 4) is 5.75 Å². The highest BCUT2D eigenvalue weighted by Crippen LogP contribution is 2.23. The number of benzene rings is 3. The molecule has 31 heavy (non-hydrogen) atoms. The van der Waals surface area contributed by atoms with Crippen LogP contribution in [0.4, 0.5) is 4.39 Å². The standard InChI is InChI=1S/C24H21ClFN3O2/c1-15-22(23(25)29(28-15)14-16-4-8-20(26)9-5-16)24(30)27-13-17-3-6-19-12-21(31-2)10-7-18(19)11-17/h3-12H,13-14H2,1-2H3,(H,27,30). The average Bonchev–Trinajstić information content (AvgIpc) is 3.05. The first-order valence-corrected chi connectivity index (χ1v) is 10.1. The lowest BCUT2D eigenvalue weighted by Gasteiger charge is -2.08. The van der Waals surface area contributed by atoms with Gasteiger partial charge in [0.05, 0.1) is 24.9 Å². The van der Waals surface area contributed by atoms with Gasteiger partial charge in [0.15, 0.2) is 0 Å². The van der Waals surface area contributed by atoms with Gasteiger partial charge in [-0.3, -0.25) is 4.79 Å². The van der Waals surface area contributed by atoms with Crippen molar-refractivity contribution in [2.75, 3.05) is 7.11 Å². The molecule has 7 heteroatoms. The molecule has 0 fully saturated rings. The minimum atomic E-state index is -0.306. The zero-order chi connectivity index (χ0) is 22.0. The lowest BCUT2D eigenvalue weighted by molar-refractivity contribution is 0.0950. The van der Waals surface area contributed by atoms with Gasteiger partial charge in [-0.2, -0.15) is 5.10 Å². The highest BCUT2D eigenvalue weighted by atomic mass is 35.5. The van der Waals surface area contributed by atoms with Crippen molar-refractivity contribution in [2.45, 2.75) is 20.0 Å². The summed E-state index contributed by atoms with van der Waals surface area (Å²) in [6, 6.07) is 17.9. The predicted octanol–water partition coefficient (Wildman–Crippen LogP) is 5.12. The SMILES string of the molecule is COc1ccc2cc(CNC(=O)c3c(C)nn(Cc4ccc(F)cc4)c3Cl)ccc2c1. The number of fused-ring (bicyclic) bond motifs is 1. The predicted molar refractivity (Wildman–Crippen MR) is 119 cm³/mol. The largest absolute Gasteiger partial charge is 0.497 e. The first-order chi connectivity index (χ1) is 14.9. The summed E-state index contributed by atoms with van der Waals surface area (Å²) >= 11 is 6.45. The topological polar surface area (TPSA) is 56.1 Å². The maximum Gasteiger partial charge on any atom is 0.256 e. The van der Waals surface area contributed by atoms with E-state index in [1.807, 2.05) is 36.4 Å². The van der Waals surface area contributed by atoms with Crippen LogP contribution in [0.1, 0.15) is 27.2 Å². The molecule has 0 unspecified atom stereocenters. The number of carbonyl (C=O) groups excluding carboxylic acids is 1. The van der Waals surface area contributed by atoms with Crippen LogP contribution >= 0.6 is 11.6 Å². The van der Waals surface area contributed by atoms with E-state index in [0.717, 1.165) is 27.6 Å². The fraction of sp³-hybridized carbons (Fsp3) is 0.167. The van der Waals surface area contributed by atoms with Gasteiger partial charge < -0.3 is 10.1 Å². The van der Waals surface area contributed by atoms with E-state index in [1.165, 1.54) is 12.1 Å². The molecule has 4 aromatic rings. The number of hydrogen-bond acceptors (Lipinski definition) is 3. The molecule has 0 aliphatic rings. The average molecular weight is 438 g/mol. The molecule has 0 atom stereocenters. The molecule has 1 heterocycles. The second kappa shape index (κ2) is 8.78. The Bertz CT molecular complexity index is 1250. The lowest BCUT2D eigenvalue weighted by atomic mass is 10.1. The Kier molecular flexibility index (Phi) is 5.91. The molecule has 1 amide bonds. The van der Waals surface area contributed by atoms with Crippen LogP contribution < -0.4 is 10.1 Å². The van der Waals surface area contributed by atoms with Gasteiger partial charge in [-0.25, -0.2) is 9.07 Å². The summed E-state index contributed by atoms with van der Waals surface area (Å²) in [5.74, 6) is 0.207. The third-order valence-corrected chi connectivity index (χ3v) is 5.49. The molecule has 0 aliphatic heterocycles. The Labute approximate surface area is 184 Å². The van der Waals surface area contributed by atoms with Crippen LogP contribution in [0.15, 0.2) is 60.7 Å². The monoisotopic (exact) mass is 437 g/mol. The molecule has 0 spiro atoms. The summed E-state index contributed by atoms with van der Waals surface area (Å²) in [6.07, 6.45) is 0. The Morgan fingerprint density at radius 2 is 1.74 bits per heavy atom. The Hall–Kier alpha value is -3.38. The smallest absolute Gasteiger partial charge is 0.256 e. The van der Waals surface area contributed by atoms with E-state index in [1.54, 1.807) is 30.8 Å². The summed E-state index contributed by atoms with van der Waals surface area (Å²) < 4.78 is 19.9. The van der Waals surface area contributed by atoms with Crippen LogP contribution in [-0.2, 0) is 13.1 Å². The number of methoxy groups -OCH3 is 1. The van der Waals surface area contributed by atoms with Crippen molar-refractivity contribution in [3.05, 3.63) is 94.0 Å². The lowest BCUT2D eigenvalue weighted by Crippen LogP contribution is -2.23. The normalized spacial score (nSPS) is 11.0. The van der Waals surface area contributed by atoms with Gasteiger partial charge in [-0.15, -0.1) is 0 Å². The summed E-state index contributed by atoms with van der Waals surface area (Å²) in [7, 11) is 1.64. The minimum absolute atomic E-state index is 0.255. The zero-order valence-electron chi connectivity index (χ0n) is 17.2. The molecule has 1 aromatic heterocycles. The van der Waals surface area contributed by atoms with Crippen LogP contribution in [-0.4, -0.2) is 22.8 Å². The number of aromatic nitrogens is 2. The summed E-state index contributed by atoms with van der Waals surface area (Å²) in [5.41, 5.74) is 2.69. The van der Waals surface area contributed by atoms with Crippen molar-refractivity contribution in [3.63, 3.8) is 0 Å². The number of rotatable bonds is 6. The third-order valence-electron chi connectivity index (χ3n) is 5.10. The van der Waals surface area contributed by atoms with Gasteiger partial charge in [0.25, 0.3) is 5.91 Å². The van der Waals surface area contributed by atoms with Crippen LogP contribution in [0.5, 0.6) is 5.75 Å². The second-order valence-electron chi connectivity index (χ2n) is 7.27. The van der Waals surface area contributed by atoms with Crippen LogP contribution in [0, 0.1) is 12.7 Å². The molecule has 0 aliphatic carbocycles. The zero-order valence-corrected chi connectivity index (χ0v) is 17.9. The molecule has 0 bridgehead atoms. The van der Waals surface area contributed by atoms with Gasteiger partial charge in [0.1, 0.15) is 16.7 Å². The molecule has 4 rings (SSSR count). The number of ether oxygens (including phenoxy) is 1. The highest BCUT2D eigenvalue weighted by Gasteiger charge is 2.20. The molecule has 0 radical (unpaired) electrons. The van der Waals surface area contributed by atoms with E-state index in [2.05, 4.69) is 10.4 Å². The van der Waals surface area contributed by atoms with E-state index >= 15 is 0 Å². The quantitative estimate of drug-likeness (QED) is 0.455. The maximum atomic E-state index is 13.1. The number of halogens is 2. The minimum Gasteiger partial charge on any atom is -0.497 e. The second-order valence-corrected chi connectivity index (χ2v) is 7.62.